The third-order valence-corrected chi connectivity index (χ3v) is 4.49. The van der Waals surface area contributed by atoms with E-state index >= 15 is 0 Å². The van der Waals surface area contributed by atoms with Crippen molar-refractivity contribution in [3.05, 3.63) is 41.8 Å². The first-order valence-corrected chi connectivity index (χ1v) is 8.67. The van der Waals surface area contributed by atoms with Crippen molar-refractivity contribution in [2.45, 2.75) is 19.4 Å². The van der Waals surface area contributed by atoms with Crippen LogP contribution in [0.2, 0.25) is 0 Å². The van der Waals surface area contributed by atoms with Crippen molar-refractivity contribution in [1.82, 2.24) is 20.0 Å². The summed E-state index contributed by atoms with van der Waals surface area (Å²) in [5, 5.41) is 8.10. The maximum absolute atomic E-state index is 13.0. The molecule has 0 aliphatic carbocycles. The highest BCUT2D eigenvalue weighted by molar-refractivity contribution is 5.83. The number of piperazine rings is 1. The molecule has 3 rings (SSSR count). The lowest BCUT2D eigenvalue weighted by Gasteiger charge is -2.37. The molecule has 1 fully saturated rings. The van der Waals surface area contributed by atoms with Crippen LogP contribution in [0.4, 0.5) is 6.01 Å². The molecular weight excluding hydrogens is 318 g/mol. The van der Waals surface area contributed by atoms with E-state index in [9.17, 15) is 4.79 Å². The number of likely N-dealkylation sites (N-methyl/N-ethyl adjacent to an activating group) is 1. The zero-order chi connectivity index (χ0) is 17.8. The van der Waals surface area contributed by atoms with Gasteiger partial charge in [-0.2, -0.15) is 0 Å². The average molecular weight is 343 g/mol. The van der Waals surface area contributed by atoms with Crippen LogP contribution in [-0.2, 0) is 11.2 Å². The highest BCUT2D eigenvalue weighted by Crippen LogP contribution is 2.22. The van der Waals surface area contributed by atoms with Gasteiger partial charge in [-0.1, -0.05) is 42.4 Å². The van der Waals surface area contributed by atoms with Gasteiger partial charge < -0.3 is 14.2 Å². The van der Waals surface area contributed by atoms with E-state index in [1.54, 1.807) is 0 Å². The number of nitrogens with zero attached hydrogens (tertiary/aromatic N) is 5. The van der Waals surface area contributed by atoms with Gasteiger partial charge in [0.2, 0.25) is 11.8 Å². The lowest BCUT2D eigenvalue weighted by atomic mass is 10.0. The van der Waals surface area contributed by atoms with Crippen molar-refractivity contribution < 1.29 is 9.21 Å². The number of hydrogen-bond donors (Lipinski definition) is 0. The second-order valence-electron chi connectivity index (χ2n) is 6.42. The molecule has 2 aromatic rings. The summed E-state index contributed by atoms with van der Waals surface area (Å²) in [6.45, 7) is 4.69. The van der Waals surface area contributed by atoms with Crippen LogP contribution in [0.15, 0.2) is 34.7 Å². The first kappa shape index (κ1) is 17.4. The van der Waals surface area contributed by atoms with Gasteiger partial charge in [-0.3, -0.25) is 9.69 Å². The summed E-state index contributed by atoms with van der Waals surface area (Å²) in [7, 11) is 3.88. The molecule has 0 N–H and O–H groups in total. The minimum Gasteiger partial charge on any atom is -0.408 e. The molecule has 1 saturated heterocycles. The van der Waals surface area contributed by atoms with Crippen LogP contribution in [0, 0.1) is 0 Å². The zero-order valence-corrected chi connectivity index (χ0v) is 15.1. The number of amides is 1. The Bertz CT molecular complexity index is 693. The van der Waals surface area contributed by atoms with Crippen molar-refractivity contribution in [3.8, 4) is 0 Å². The number of anilines is 1. The Morgan fingerprint density at radius 2 is 1.84 bits per heavy atom. The minimum atomic E-state index is -0.261. The largest absolute Gasteiger partial charge is 0.408 e. The molecule has 1 aliphatic rings. The monoisotopic (exact) mass is 343 g/mol. The van der Waals surface area contributed by atoms with Crippen LogP contribution in [0.3, 0.4) is 0 Å². The summed E-state index contributed by atoms with van der Waals surface area (Å²) in [6, 6.07) is 10.2. The van der Waals surface area contributed by atoms with Gasteiger partial charge >= 0.3 is 6.01 Å². The Labute approximate surface area is 148 Å². The maximum Gasteiger partial charge on any atom is 0.318 e. The second-order valence-corrected chi connectivity index (χ2v) is 6.42. The zero-order valence-electron chi connectivity index (χ0n) is 15.1. The van der Waals surface area contributed by atoms with Crippen molar-refractivity contribution in [2.24, 2.45) is 0 Å². The molecule has 1 unspecified atom stereocenters. The fourth-order valence-electron chi connectivity index (χ4n) is 3.10. The molecule has 0 radical (unpaired) electrons. The normalized spacial score (nSPS) is 16.3. The first-order valence-electron chi connectivity index (χ1n) is 8.67. The predicted octanol–water partition coefficient (Wildman–Crippen LogP) is 1.58. The Kier molecular flexibility index (Phi) is 5.33. The number of hydrogen-bond acceptors (Lipinski definition) is 6. The summed E-state index contributed by atoms with van der Waals surface area (Å²) in [4.78, 5) is 19.0. The topological polar surface area (TPSA) is 65.7 Å². The second kappa shape index (κ2) is 7.65. The predicted molar refractivity (Wildman–Crippen MR) is 95.3 cm³/mol. The quantitative estimate of drug-likeness (QED) is 0.821. The van der Waals surface area contributed by atoms with Gasteiger partial charge in [0, 0.05) is 32.6 Å². The molecule has 1 aliphatic heterocycles. The molecule has 25 heavy (non-hydrogen) atoms. The number of rotatable bonds is 5. The molecule has 1 amide bonds. The van der Waals surface area contributed by atoms with Crippen molar-refractivity contribution in [3.63, 3.8) is 0 Å². The number of benzene rings is 1. The number of aromatic nitrogens is 2. The Morgan fingerprint density at radius 3 is 2.40 bits per heavy atom. The van der Waals surface area contributed by atoms with Gasteiger partial charge in [-0.05, 0) is 19.7 Å². The Morgan fingerprint density at radius 1 is 1.16 bits per heavy atom. The number of aryl methyl sites for hydroxylation is 1. The molecule has 1 aromatic heterocycles. The van der Waals surface area contributed by atoms with E-state index in [1.165, 1.54) is 0 Å². The van der Waals surface area contributed by atoms with Gasteiger partial charge in [-0.15, -0.1) is 5.10 Å². The molecule has 134 valence electrons. The van der Waals surface area contributed by atoms with E-state index in [4.69, 9.17) is 4.42 Å². The van der Waals surface area contributed by atoms with Crippen LogP contribution in [-0.4, -0.2) is 66.2 Å². The lowest BCUT2D eigenvalue weighted by Crippen LogP contribution is -2.51. The molecule has 1 aromatic carbocycles. The van der Waals surface area contributed by atoms with Crippen LogP contribution < -0.4 is 4.90 Å². The van der Waals surface area contributed by atoms with E-state index in [1.807, 2.05) is 66.1 Å². The van der Waals surface area contributed by atoms with E-state index in [0.717, 1.165) is 12.0 Å². The van der Waals surface area contributed by atoms with E-state index in [-0.39, 0.29) is 11.9 Å². The molecule has 0 spiro atoms. The van der Waals surface area contributed by atoms with Gasteiger partial charge in [0.1, 0.15) is 6.04 Å². The molecule has 2 heterocycles. The Hall–Kier alpha value is -2.41. The van der Waals surface area contributed by atoms with Gasteiger partial charge in [-0.25, -0.2) is 0 Å². The van der Waals surface area contributed by atoms with Crippen molar-refractivity contribution >= 4 is 11.9 Å². The van der Waals surface area contributed by atoms with Gasteiger partial charge in [0.25, 0.3) is 0 Å². The summed E-state index contributed by atoms with van der Waals surface area (Å²) in [6.07, 6.45) is 0.729. The number of carbonyl (C=O) groups excluding carboxylic acids is 1. The SMILES string of the molecule is CCc1nnc(N2CCN(C(=O)C(c3ccccc3)N(C)C)CC2)o1. The molecule has 7 heteroatoms. The van der Waals surface area contributed by atoms with E-state index < -0.39 is 0 Å². The minimum absolute atomic E-state index is 0.135. The summed E-state index contributed by atoms with van der Waals surface area (Å²) >= 11 is 0. The molecule has 0 bridgehead atoms. The van der Waals surface area contributed by atoms with Crippen molar-refractivity contribution in [2.75, 3.05) is 45.2 Å². The number of carbonyl (C=O) groups is 1. The van der Waals surface area contributed by atoms with Crippen molar-refractivity contribution in [1.29, 1.82) is 0 Å². The van der Waals surface area contributed by atoms with Crippen LogP contribution in [0.25, 0.3) is 0 Å². The molecular formula is C18H25N5O2. The smallest absolute Gasteiger partial charge is 0.318 e. The van der Waals surface area contributed by atoms with Crippen LogP contribution in [0.5, 0.6) is 0 Å². The summed E-state index contributed by atoms with van der Waals surface area (Å²) < 4.78 is 5.62. The molecule has 7 nitrogen and oxygen atoms in total. The standard InChI is InChI=1S/C18H25N5O2/c1-4-15-19-20-18(25-15)23-12-10-22(11-13-23)17(24)16(21(2)3)14-8-6-5-7-9-14/h5-9,16H,4,10-13H2,1-3H3. The van der Waals surface area contributed by atoms with Gasteiger partial charge in [0.05, 0.1) is 0 Å². The fraction of sp³-hybridized carbons (Fsp3) is 0.500. The first-order chi connectivity index (χ1) is 12.1. The highest BCUT2D eigenvalue weighted by Gasteiger charge is 2.31. The van der Waals surface area contributed by atoms with Crippen LogP contribution in [0.1, 0.15) is 24.4 Å². The highest BCUT2D eigenvalue weighted by atomic mass is 16.4. The lowest BCUT2D eigenvalue weighted by molar-refractivity contribution is -0.136. The molecule has 0 saturated carbocycles. The Balaban J connectivity index is 1.66. The third kappa shape index (κ3) is 3.82. The summed E-state index contributed by atoms with van der Waals surface area (Å²) in [5.74, 6) is 0.779. The van der Waals surface area contributed by atoms with E-state index in [2.05, 4.69) is 10.2 Å². The maximum atomic E-state index is 13.0. The van der Waals surface area contributed by atoms with Crippen LogP contribution >= 0.6 is 0 Å². The molecule has 1 atom stereocenters. The fourth-order valence-corrected chi connectivity index (χ4v) is 3.10. The van der Waals surface area contributed by atoms with E-state index in [0.29, 0.717) is 38.1 Å². The van der Waals surface area contributed by atoms with Gasteiger partial charge in [0.15, 0.2) is 0 Å². The summed E-state index contributed by atoms with van der Waals surface area (Å²) in [5.41, 5.74) is 1.02. The average Bonchev–Trinajstić information content (AvgIpc) is 3.12. The third-order valence-electron chi connectivity index (χ3n) is 4.49.